The smallest absolute Gasteiger partial charge is 0.308 e. The molecule has 0 saturated carbocycles. The fourth-order valence-corrected chi connectivity index (χ4v) is 2.93. The van der Waals surface area contributed by atoms with E-state index in [1.54, 1.807) is 6.92 Å². The molecule has 16 heavy (non-hydrogen) atoms. The summed E-state index contributed by atoms with van der Waals surface area (Å²) >= 11 is 3.51. The maximum Gasteiger partial charge on any atom is 0.308 e. The van der Waals surface area contributed by atoms with Crippen molar-refractivity contribution >= 4 is 21.9 Å². The molecule has 2 rings (SSSR count). The maximum atomic E-state index is 11.3. The molecule has 0 amide bonds. The summed E-state index contributed by atoms with van der Waals surface area (Å²) in [5.41, 5.74) is 0. The fraction of sp³-hybridized carbons (Fsp3) is 0.727. The van der Waals surface area contributed by atoms with Crippen LogP contribution in [0.5, 0.6) is 0 Å². The number of alkyl halides is 1. The van der Waals surface area contributed by atoms with Gasteiger partial charge in [0.2, 0.25) is 0 Å². The molecular weight excluding hydrogens is 276 g/mol. The standard InChI is InChI=1S/C11H15BrO4/c1-2-15-10(14)5-8(13)11(12)6-7-3-4-9(11)16-7/h3-4,7-9,13H,2,5-6H2,1H3/t7-,8+,9+,11-/m1/s1. The monoisotopic (exact) mass is 290 g/mol. The summed E-state index contributed by atoms with van der Waals surface area (Å²) in [4.78, 5) is 11.3. The van der Waals surface area contributed by atoms with Gasteiger partial charge in [-0.1, -0.05) is 28.1 Å². The summed E-state index contributed by atoms with van der Waals surface area (Å²) in [6.07, 6.45) is 3.72. The van der Waals surface area contributed by atoms with Gasteiger partial charge in [0, 0.05) is 0 Å². The van der Waals surface area contributed by atoms with Gasteiger partial charge in [0.1, 0.15) is 0 Å². The van der Waals surface area contributed by atoms with Crippen LogP contribution in [0, 0.1) is 0 Å². The Morgan fingerprint density at radius 3 is 3.00 bits per heavy atom. The Morgan fingerprint density at radius 2 is 2.50 bits per heavy atom. The van der Waals surface area contributed by atoms with Crippen molar-refractivity contribution < 1.29 is 19.4 Å². The Balaban J connectivity index is 1.97. The molecule has 2 bridgehead atoms. The molecule has 4 nitrogen and oxygen atoms in total. The van der Waals surface area contributed by atoms with E-state index in [9.17, 15) is 9.90 Å². The molecule has 0 aromatic rings. The van der Waals surface area contributed by atoms with Gasteiger partial charge in [0.05, 0.1) is 35.7 Å². The molecule has 0 spiro atoms. The number of carbonyl (C=O) groups is 1. The van der Waals surface area contributed by atoms with E-state index in [4.69, 9.17) is 9.47 Å². The largest absolute Gasteiger partial charge is 0.466 e. The lowest BCUT2D eigenvalue weighted by molar-refractivity contribution is -0.145. The van der Waals surface area contributed by atoms with Crippen LogP contribution in [0.2, 0.25) is 0 Å². The highest BCUT2D eigenvalue weighted by atomic mass is 79.9. The Hall–Kier alpha value is -0.390. The van der Waals surface area contributed by atoms with Crippen molar-refractivity contribution in [2.75, 3.05) is 6.61 Å². The molecule has 2 aliphatic rings. The quantitative estimate of drug-likeness (QED) is 0.480. The molecule has 0 aromatic heterocycles. The first kappa shape index (κ1) is 12.1. The predicted octanol–water partition coefficient (Wildman–Crippen LogP) is 1.16. The number of hydrogen-bond donors (Lipinski definition) is 1. The lowest BCUT2D eigenvalue weighted by Crippen LogP contribution is -2.44. The summed E-state index contributed by atoms with van der Waals surface area (Å²) < 4.78 is 9.86. The van der Waals surface area contributed by atoms with Gasteiger partial charge < -0.3 is 14.6 Å². The summed E-state index contributed by atoms with van der Waals surface area (Å²) in [6.45, 7) is 2.08. The van der Waals surface area contributed by atoms with Crippen LogP contribution in [0.3, 0.4) is 0 Å². The van der Waals surface area contributed by atoms with Crippen LogP contribution >= 0.6 is 15.9 Å². The number of ether oxygens (including phenoxy) is 2. The highest BCUT2D eigenvalue weighted by molar-refractivity contribution is 9.10. The third-order valence-electron chi connectivity index (χ3n) is 3.03. The molecule has 5 heteroatoms. The summed E-state index contributed by atoms with van der Waals surface area (Å²) in [7, 11) is 0. The number of rotatable bonds is 4. The molecule has 4 atom stereocenters. The summed E-state index contributed by atoms with van der Waals surface area (Å²) in [5, 5.41) is 10.1. The van der Waals surface area contributed by atoms with E-state index in [-0.39, 0.29) is 24.6 Å². The fourth-order valence-electron chi connectivity index (χ4n) is 2.19. The van der Waals surface area contributed by atoms with Crippen LogP contribution < -0.4 is 0 Å². The number of hydrogen-bond acceptors (Lipinski definition) is 4. The van der Waals surface area contributed by atoms with E-state index < -0.39 is 10.4 Å². The van der Waals surface area contributed by atoms with Gasteiger partial charge in [-0.05, 0) is 13.3 Å². The molecule has 0 aliphatic carbocycles. The molecule has 2 aliphatic heterocycles. The van der Waals surface area contributed by atoms with E-state index in [1.807, 2.05) is 12.2 Å². The number of esters is 1. The number of fused-ring (bicyclic) bond motifs is 2. The van der Waals surface area contributed by atoms with Crippen molar-refractivity contribution in [3.05, 3.63) is 12.2 Å². The lowest BCUT2D eigenvalue weighted by Gasteiger charge is -2.31. The third kappa shape index (κ3) is 2.04. The highest BCUT2D eigenvalue weighted by Crippen LogP contribution is 2.46. The second-order valence-corrected chi connectivity index (χ2v) is 5.61. The van der Waals surface area contributed by atoms with Gasteiger partial charge in [0.25, 0.3) is 0 Å². The summed E-state index contributed by atoms with van der Waals surface area (Å²) in [6, 6.07) is 0. The van der Waals surface area contributed by atoms with Gasteiger partial charge in [0.15, 0.2) is 0 Å². The molecule has 0 unspecified atom stereocenters. The average Bonchev–Trinajstić information content (AvgIpc) is 2.77. The van der Waals surface area contributed by atoms with E-state index in [1.165, 1.54) is 0 Å². The van der Waals surface area contributed by atoms with Crippen molar-refractivity contribution in [1.29, 1.82) is 0 Å². The van der Waals surface area contributed by atoms with Gasteiger partial charge in [-0.25, -0.2) is 0 Å². The Kier molecular flexibility index (Phi) is 3.37. The first-order chi connectivity index (χ1) is 7.56. The maximum absolute atomic E-state index is 11.3. The zero-order chi connectivity index (χ0) is 11.8. The van der Waals surface area contributed by atoms with Gasteiger partial charge in [-0.2, -0.15) is 0 Å². The average molecular weight is 291 g/mol. The van der Waals surface area contributed by atoms with Crippen molar-refractivity contribution in [2.45, 2.75) is 42.4 Å². The molecule has 0 aromatic carbocycles. The molecule has 1 N–H and O–H groups in total. The third-order valence-corrected chi connectivity index (χ3v) is 4.33. The van der Waals surface area contributed by atoms with Crippen LogP contribution in [0.4, 0.5) is 0 Å². The van der Waals surface area contributed by atoms with E-state index in [2.05, 4.69) is 15.9 Å². The van der Waals surface area contributed by atoms with E-state index in [0.717, 1.165) is 0 Å². The number of aliphatic hydroxyl groups excluding tert-OH is 1. The van der Waals surface area contributed by atoms with Crippen molar-refractivity contribution in [3.8, 4) is 0 Å². The first-order valence-electron chi connectivity index (χ1n) is 5.42. The highest BCUT2D eigenvalue weighted by Gasteiger charge is 2.52. The Labute approximate surface area is 103 Å². The van der Waals surface area contributed by atoms with Crippen LogP contribution in [0.15, 0.2) is 12.2 Å². The van der Waals surface area contributed by atoms with Crippen LogP contribution in [0.1, 0.15) is 19.8 Å². The minimum Gasteiger partial charge on any atom is -0.466 e. The van der Waals surface area contributed by atoms with Gasteiger partial charge in [-0.15, -0.1) is 0 Å². The molecule has 1 fully saturated rings. The second kappa shape index (κ2) is 4.47. The predicted molar refractivity (Wildman–Crippen MR) is 61.3 cm³/mol. The minimum absolute atomic E-state index is 0.000486. The van der Waals surface area contributed by atoms with Crippen molar-refractivity contribution in [3.63, 3.8) is 0 Å². The number of aliphatic hydroxyl groups is 1. The normalized spacial score (nSPS) is 37.7. The SMILES string of the molecule is CCOC(=O)C[C@H](O)[C@]1(Br)C[C@H]2C=C[C@@H]1O2. The minimum atomic E-state index is -0.786. The molecular formula is C11H15BrO4. The van der Waals surface area contributed by atoms with Gasteiger partial charge >= 0.3 is 5.97 Å². The molecule has 1 saturated heterocycles. The van der Waals surface area contributed by atoms with Crippen LogP contribution in [-0.2, 0) is 14.3 Å². The van der Waals surface area contributed by atoms with Crippen LogP contribution in [-0.4, -0.2) is 40.3 Å². The van der Waals surface area contributed by atoms with E-state index >= 15 is 0 Å². The van der Waals surface area contributed by atoms with Crippen molar-refractivity contribution in [1.82, 2.24) is 0 Å². The first-order valence-corrected chi connectivity index (χ1v) is 6.22. The number of halogens is 1. The lowest BCUT2D eigenvalue weighted by atomic mass is 9.87. The van der Waals surface area contributed by atoms with Gasteiger partial charge in [-0.3, -0.25) is 4.79 Å². The zero-order valence-electron chi connectivity index (χ0n) is 9.06. The molecule has 0 radical (unpaired) electrons. The Bertz CT molecular complexity index is 317. The van der Waals surface area contributed by atoms with Crippen molar-refractivity contribution in [2.24, 2.45) is 0 Å². The molecule has 2 heterocycles. The topological polar surface area (TPSA) is 55.8 Å². The Morgan fingerprint density at radius 1 is 1.75 bits per heavy atom. The molecule has 90 valence electrons. The summed E-state index contributed by atoms with van der Waals surface area (Å²) in [5.74, 6) is -0.374. The second-order valence-electron chi connectivity index (χ2n) is 4.14. The van der Waals surface area contributed by atoms with Crippen LogP contribution in [0.25, 0.3) is 0 Å². The van der Waals surface area contributed by atoms with E-state index in [0.29, 0.717) is 13.0 Å². The zero-order valence-corrected chi connectivity index (χ0v) is 10.6. The number of carbonyl (C=O) groups excluding carboxylic acids is 1.